The van der Waals surface area contributed by atoms with Crippen molar-refractivity contribution in [1.82, 2.24) is 30.9 Å². The van der Waals surface area contributed by atoms with E-state index in [4.69, 9.17) is 13.9 Å². The van der Waals surface area contributed by atoms with Gasteiger partial charge < -0.3 is 4.90 Å². The third-order valence-corrected chi connectivity index (χ3v) is 9.73. The highest BCUT2D eigenvalue weighted by atomic mass is 16.6. The standard InChI is InChI=1S/C39H25N7O3/c1-39(2)28-15-7-6-12-24(28)25-13-8-14-26(33(25)39)27-19-21-32(38-35(27)42-49-45-38)46(30-17-9-16-29-36(30)43-47-40-29)31-20-18-23(22-10-4-3-5-11-22)34-37(31)44-48-41-34/h3-21H,1-2H3. The second kappa shape index (κ2) is 10.2. The fourth-order valence-electron chi connectivity index (χ4n) is 7.57. The maximum Gasteiger partial charge on any atom is 0.159 e. The van der Waals surface area contributed by atoms with Crippen LogP contribution in [0.15, 0.2) is 129 Å². The Morgan fingerprint density at radius 2 is 0.980 bits per heavy atom. The minimum absolute atomic E-state index is 0.224. The summed E-state index contributed by atoms with van der Waals surface area (Å²) >= 11 is 0. The smallest absolute Gasteiger partial charge is 0.159 e. The summed E-state index contributed by atoms with van der Waals surface area (Å²) in [5.41, 5.74) is 14.3. The molecule has 0 spiro atoms. The summed E-state index contributed by atoms with van der Waals surface area (Å²) < 4.78 is 16.1. The van der Waals surface area contributed by atoms with Crippen LogP contribution < -0.4 is 4.90 Å². The molecule has 10 nitrogen and oxygen atoms in total. The molecule has 0 aliphatic heterocycles. The normalized spacial score (nSPS) is 13.3. The lowest BCUT2D eigenvalue weighted by atomic mass is 9.78. The van der Waals surface area contributed by atoms with Crippen molar-refractivity contribution >= 4 is 50.2 Å². The van der Waals surface area contributed by atoms with Gasteiger partial charge in [-0.2, -0.15) is 0 Å². The SMILES string of the molecule is CC1(C)c2ccccc2-c2cccc(-c3ccc(N(c4cccc5nonc45)c4ccc(-c5ccccc5)c5nonc45)c4nonc34)c21. The lowest BCUT2D eigenvalue weighted by Crippen LogP contribution is -2.16. The van der Waals surface area contributed by atoms with E-state index in [9.17, 15) is 0 Å². The Morgan fingerprint density at radius 1 is 0.429 bits per heavy atom. The van der Waals surface area contributed by atoms with Gasteiger partial charge in [0.2, 0.25) is 0 Å². The number of hydrogen-bond acceptors (Lipinski definition) is 10. The maximum absolute atomic E-state index is 5.53. The predicted octanol–water partition coefficient (Wildman–Crippen LogP) is 9.41. The summed E-state index contributed by atoms with van der Waals surface area (Å²) in [5.74, 6) is 0. The Morgan fingerprint density at radius 3 is 1.76 bits per heavy atom. The lowest BCUT2D eigenvalue weighted by Gasteiger charge is -2.26. The molecule has 49 heavy (non-hydrogen) atoms. The number of hydrogen-bond donors (Lipinski definition) is 0. The second-order valence-electron chi connectivity index (χ2n) is 12.7. The first kappa shape index (κ1) is 27.4. The molecule has 3 heterocycles. The molecule has 234 valence electrons. The van der Waals surface area contributed by atoms with Crippen molar-refractivity contribution in [1.29, 1.82) is 0 Å². The van der Waals surface area contributed by atoms with E-state index in [0.717, 1.165) is 22.3 Å². The predicted molar refractivity (Wildman–Crippen MR) is 186 cm³/mol. The molecule has 10 heteroatoms. The zero-order valence-corrected chi connectivity index (χ0v) is 26.3. The van der Waals surface area contributed by atoms with Crippen molar-refractivity contribution in [3.63, 3.8) is 0 Å². The van der Waals surface area contributed by atoms with E-state index in [1.807, 2.05) is 71.6 Å². The fourth-order valence-corrected chi connectivity index (χ4v) is 7.57. The van der Waals surface area contributed by atoms with Crippen LogP contribution in [0.1, 0.15) is 25.0 Å². The van der Waals surface area contributed by atoms with Gasteiger partial charge in [-0.3, -0.25) is 0 Å². The Kier molecular flexibility index (Phi) is 5.69. The van der Waals surface area contributed by atoms with Gasteiger partial charge in [-0.05, 0) is 101 Å². The quantitative estimate of drug-likeness (QED) is 0.180. The molecule has 9 aromatic rings. The average molecular weight is 640 g/mol. The molecule has 1 aliphatic carbocycles. The van der Waals surface area contributed by atoms with Gasteiger partial charge in [-0.25, -0.2) is 13.9 Å². The monoisotopic (exact) mass is 639 g/mol. The topological polar surface area (TPSA) is 120 Å². The van der Waals surface area contributed by atoms with Crippen molar-refractivity contribution in [3.05, 3.63) is 126 Å². The molecule has 0 saturated heterocycles. The highest BCUT2D eigenvalue weighted by molar-refractivity contribution is 6.09. The third-order valence-electron chi connectivity index (χ3n) is 9.73. The van der Waals surface area contributed by atoms with Crippen molar-refractivity contribution in [2.75, 3.05) is 4.90 Å². The van der Waals surface area contributed by atoms with Crippen LogP contribution >= 0.6 is 0 Å². The van der Waals surface area contributed by atoms with Gasteiger partial charge >= 0.3 is 0 Å². The number of anilines is 3. The molecule has 0 atom stereocenters. The summed E-state index contributed by atoms with van der Waals surface area (Å²) in [6.45, 7) is 4.55. The zero-order valence-electron chi connectivity index (χ0n) is 26.3. The molecule has 1 aliphatic rings. The van der Waals surface area contributed by atoms with Gasteiger partial charge in [0, 0.05) is 16.5 Å². The second-order valence-corrected chi connectivity index (χ2v) is 12.7. The summed E-state index contributed by atoms with van der Waals surface area (Å²) in [5, 5.41) is 26.2. The molecular formula is C39H25N7O3. The van der Waals surface area contributed by atoms with E-state index in [1.54, 1.807) is 0 Å². The van der Waals surface area contributed by atoms with Gasteiger partial charge in [0.25, 0.3) is 0 Å². The minimum atomic E-state index is -0.224. The van der Waals surface area contributed by atoms with E-state index < -0.39 is 0 Å². The highest BCUT2D eigenvalue weighted by Gasteiger charge is 2.38. The Bertz CT molecular complexity index is 2730. The molecule has 0 fully saturated rings. The number of fused-ring (bicyclic) bond motifs is 6. The van der Waals surface area contributed by atoms with Gasteiger partial charge in [0.1, 0.15) is 16.6 Å². The van der Waals surface area contributed by atoms with E-state index >= 15 is 0 Å². The van der Waals surface area contributed by atoms with Crippen LogP contribution in [0.3, 0.4) is 0 Å². The minimum Gasteiger partial charge on any atom is -0.303 e. The van der Waals surface area contributed by atoms with Crippen LogP contribution in [0.4, 0.5) is 17.1 Å². The van der Waals surface area contributed by atoms with Crippen LogP contribution in [0, 0.1) is 0 Å². The average Bonchev–Trinajstić information content (AvgIpc) is 3.96. The number of aromatic nitrogens is 6. The van der Waals surface area contributed by atoms with E-state index in [-0.39, 0.29) is 5.41 Å². The molecule has 0 N–H and O–H groups in total. The van der Waals surface area contributed by atoms with Gasteiger partial charge in [0.05, 0.1) is 17.1 Å². The van der Waals surface area contributed by atoms with Crippen LogP contribution in [0.25, 0.3) is 66.5 Å². The summed E-state index contributed by atoms with van der Waals surface area (Å²) in [7, 11) is 0. The van der Waals surface area contributed by atoms with E-state index in [1.165, 1.54) is 22.3 Å². The number of benzene rings is 6. The first-order valence-corrected chi connectivity index (χ1v) is 15.9. The largest absolute Gasteiger partial charge is 0.303 e. The lowest BCUT2D eigenvalue weighted by molar-refractivity contribution is 0.315. The van der Waals surface area contributed by atoms with Gasteiger partial charge in [-0.15, -0.1) is 0 Å². The first-order chi connectivity index (χ1) is 24.1. The van der Waals surface area contributed by atoms with Crippen molar-refractivity contribution in [2.24, 2.45) is 0 Å². The number of nitrogens with zero attached hydrogens (tertiary/aromatic N) is 7. The van der Waals surface area contributed by atoms with Crippen LogP contribution in [-0.4, -0.2) is 30.9 Å². The van der Waals surface area contributed by atoms with Crippen molar-refractivity contribution in [3.8, 4) is 33.4 Å². The Balaban J connectivity index is 1.22. The molecule has 10 rings (SSSR count). The molecule has 3 aromatic heterocycles. The molecule has 0 unspecified atom stereocenters. The molecule has 0 bridgehead atoms. The first-order valence-electron chi connectivity index (χ1n) is 15.9. The highest BCUT2D eigenvalue weighted by Crippen LogP contribution is 2.53. The Hall–Kier alpha value is -6.68. The molecule has 6 aromatic carbocycles. The van der Waals surface area contributed by atoms with Gasteiger partial charge in [-0.1, -0.05) is 92.7 Å². The van der Waals surface area contributed by atoms with E-state index in [0.29, 0.717) is 50.2 Å². The number of rotatable bonds is 5. The fraction of sp³-hybridized carbons (Fsp3) is 0.0769. The van der Waals surface area contributed by atoms with E-state index in [2.05, 4.69) is 93.3 Å². The van der Waals surface area contributed by atoms with Crippen LogP contribution in [-0.2, 0) is 5.41 Å². The van der Waals surface area contributed by atoms with Crippen molar-refractivity contribution in [2.45, 2.75) is 19.3 Å². The molecule has 0 saturated carbocycles. The van der Waals surface area contributed by atoms with Crippen LogP contribution in [0.2, 0.25) is 0 Å². The van der Waals surface area contributed by atoms with Crippen molar-refractivity contribution < 1.29 is 13.9 Å². The molecule has 0 radical (unpaired) electrons. The maximum atomic E-state index is 5.53. The van der Waals surface area contributed by atoms with Crippen LogP contribution in [0.5, 0.6) is 0 Å². The Labute approximate surface area is 278 Å². The molecule has 0 amide bonds. The summed E-state index contributed by atoms with van der Waals surface area (Å²) in [4.78, 5) is 2.01. The summed E-state index contributed by atoms with van der Waals surface area (Å²) in [6.07, 6.45) is 0. The van der Waals surface area contributed by atoms with Gasteiger partial charge in [0.15, 0.2) is 16.6 Å². The summed E-state index contributed by atoms with van der Waals surface area (Å²) in [6, 6.07) is 39.0. The molecular weight excluding hydrogens is 614 g/mol. The zero-order chi connectivity index (χ0) is 32.7. The third kappa shape index (κ3) is 3.88.